The van der Waals surface area contributed by atoms with Crippen LogP contribution >= 0.6 is 15.9 Å². The first-order valence-corrected chi connectivity index (χ1v) is 6.33. The van der Waals surface area contributed by atoms with Crippen LogP contribution in [-0.2, 0) is 9.53 Å². The molecule has 0 spiro atoms. The fourth-order valence-electron chi connectivity index (χ4n) is 1.65. The maximum absolute atomic E-state index is 11.8. The van der Waals surface area contributed by atoms with E-state index in [-0.39, 0.29) is 12.5 Å². The molecule has 6 heteroatoms. The molecule has 0 bridgehead atoms. The summed E-state index contributed by atoms with van der Waals surface area (Å²) in [4.78, 5) is 24.3. The van der Waals surface area contributed by atoms with Crippen LogP contribution in [0.25, 0.3) is 0 Å². The van der Waals surface area contributed by atoms with Crippen molar-refractivity contribution in [3.05, 3.63) is 28.2 Å². The van der Waals surface area contributed by atoms with Gasteiger partial charge in [0.25, 0.3) is 0 Å². The average molecular weight is 313 g/mol. The van der Waals surface area contributed by atoms with E-state index in [0.717, 1.165) is 10.0 Å². The van der Waals surface area contributed by atoms with Gasteiger partial charge in [-0.15, -0.1) is 0 Å². The number of amides is 2. The normalized spacial score (nSPS) is 14.6. The highest BCUT2D eigenvalue weighted by Crippen LogP contribution is 2.23. The van der Waals surface area contributed by atoms with E-state index < -0.39 is 6.09 Å². The summed E-state index contributed by atoms with van der Waals surface area (Å²) in [6.45, 7) is 2.79. The van der Waals surface area contributed by atoms with Crippen molar-refractivity contribution in [1.29, 1.82) is 0 Å². The number of carbonyl (C=O) groups is 2. The molecule has 1 aromatic carbocycles. The Kier molecular flexibility index (Phi) is 3.86. The number of aryl methyl sites for hydroxylation is 1. The predicted molar refractivity (Wildman–Crippen MR) is 70.4 cm³/mol. The maximum Gasteiger partial charge on any atom is 0.410 e. The smallest absolute Gasteiger partial charge is 0.410 e. The second kappa shape index (κ2) is 5.39. The summed E-state index contributed by atoms with van der Waals surface area (Å²) in [6.07, 6.45) is -0.437. The third-order valence-electron chi connectivity index (χ3n) is 2.58. The van der Waals surface area contributed by atoms with E-state index in [1.54, 1.807) is 0 Å². The molecule has 1 aliphatic rings. The Labute approximate surface area is 113 Å². The Hall–Kier alpha value is -1.56. The highest BCUT2D eigenvalue weighted by atomic mass is 79.9. The van der Waals surface area contributed by atoms with Crippen molar-refractivity contribution < 1.29 is 14.3 Å². The second-order valence-electron chi connectivity index (χ2n) is 4.07. The first-order chi connectivity index (χ1) is 8.56. The highest BCUT2D eigenvalue weighted by molar-refractivity contribution is 9.10. The number of halogens is 1. The zero-order chi connectivity index (χ0) is 13.1. The average Bonchev–Trinajstić information content (AvgIpc) is 2.69. The van der Waals surface area contributed by atoms with Crippen molar-refractivity contribution in [2.75, 3.05) is 25.0 Å². The first-order valence-electron chi connectivity index (χ1n) is 5.54. The van der Waals surface area contributed by atoms with Crippen LogP contribution in [0.3, 0.4) is 0 Å². The van der Waals surface area contributed by atoms with Crippen molar-refractivity contribution in [2.45, 2.75) is 6.92 Å². The van der Waals surface area contributed by atoms with Gasteiger partial charge in [-0.25, -0.2) is 4.79 Å². The maximum atomic E-state index is 11.8. The van der Waals surface area contributed by atoms with Gasteiger partial charge in [-0.1, -0.05) is 6.07 Å². The topological polar surface area (TPSA) is 58.6 Å². The highest BCUT2D eigenvalue weighted by Gasteiger charge is 2.24. The SMILES string of the molecule is Cc1ccc(NC(=O)CN2CCOC2=O)c(Br)c1. The molecule has 18 heavy (non-hydrogen) atoms. The number of rotatable bonds is 3. The van der Waals surface area contributed by atoms with Gasteiger partial charge >= 0.3 is 6.09 Å². The van der Waals surface area contributed by atoms with Gasteiger partial charge in [0.1, 0.15) is 13.2 Å². The summed E-state index contributed by atoms with van der Waals surface area (Å²) in [5.74, 6) is -0.238. The number of ether oxygens (including phenoxy) is 1. The Bertz CT molecular complexity index is 490. The van der Waals surface area contributed by atoms with E-state index in [2.05, 4.69) is 21.2 Å². The number of benzene rings is 1. The predicted octanol–water partition coefficient (Wildman–Crippen LogP) is 2.15. The molecule has 1 heterocycles. The van der Waals surface area contributed by atoms with Crippen LogP contribution in [0.5, 0.6) is 0 Å². The molecule has 0 aliphatic carbocycles. The number of cyclic esters (lactones) is 1. The first kappa shape index (κ1) is 12.9. The van der Waals surface area contributed by atoms with Crippen LogP contribution in [0, 0.1) is 6.92 Å². The van der Waals surface area contributed by atoms with E-state index >= 15 is 0 Å². The molecule has 2 rings (SSSR count). The van der Waals surface area contributed by atoms with Gasteiger partial charge in [-0.3, -0.25) is 9.69 Å². The third-order valence-corrected chi connectivity index (χ3v) is 3.23. The molecule has 5 nitrogen and oxygen atoms in total. The summed E-state index contributed by atoms with van der Waals surface area (Å²) >= 11 is 3.38. The molecule has 1 saturated heterocycles. The van der Waals surface area contributed by atoms with E-state index in [0.29, 0.717) is 18.8 Å². The van der Waals surface area contributed by atoms with Gasteiger partial charge in [0, 0.05) is 4.47 Å². The molecular weight excluding hydrogens is 300 g/mol. The van der Waals surface area contributed by atoms with Crippen molar-refractivity contribution in [2.24, 2.45) is 0 Å². The Balaban J connectivity index is 1.96. The Morgan fingerprint density at radius 3 is 2.94 bits per heavy atom. The van der Waals surface area contributed by atoms with E-state index in [9.17, 15) is 9.59 Å². The standard InChI is InChI=1S/C12H13BrN2O3/c1-8-2-3-10(9(13)6-8)14-11(16)7-15-4-5-18-12(15)17/h2-3,6H,4-5,7H2,1H3,(H,14,16). The molecule has 1 fully saturated rings. The zero-order valence-corrected chi connectivity index (χ0v) is 11.5. The van der Waals surface area contributed by atoms with Gasteiger partial charge in [0.15, 0.2) is 0 Å². The van der Waals surface area contributed by atoms with E-state index in [4.69, 9.17) is 4.74 Å². The van der Waals surface area contributed by atoms with Crippen LogP contribution < -0.4 is 5.32 Å². The lowest BCUT2D eigenvalue weighted by Gasteiger charge is -2.13. The molecule has 1 aliphatic heterocycles. The lowest BCUT2D eigenvalue weighted by molar-refractivity contribution is -0.116. The molecule has 0 radical (unpaired) electrons. The molecule has 1 aromatic rings. The number of nitrogens with zero attached hydrogens (tertiary/aromatic N) is 1. The van der Waals surface area contributed by atoms with Crippen LogP contribution in [0.2, 0.25) is 0 Å². The number of hydrogen-bond acceptors (Lipinski definition) is 3. The van der Waals surface area contributed by atoms with Crippen LogP contribution in [0.15, 0.2) is 22.7 Å². The minimum atomic E-state index is -0.437. The third kappa shape index (κ3) is 3.01. The zero-order valence-electron chi connectivity index (χ0n) is 9.90. The molecule has 0 aromatic heterocycles. The van der Waals surface area contributed by atoms with Crippen molar-refractivity contribution in [3.63, 3.8) is 0 Å². The Morgan fingerprint density at radius 2 is 2.33 bits per heavy atom. The molecule has 0 atom stereocenters. The van der Waals surface area contributed by atoms with Crippen molar-refractivity contribution in [1.82, 2.24) is 4.90 Å². The van der Waals surface area contributed by atoms with Gasteiger partial charge < -0.3 is 10.1 Å². The Morgan fingerprint density at radius 1 is 1.56 bits per heavy atom. The number of carbonyl (C=O) groups excluding carboxylic acids is 2. The molecule has 0 unspecified atom stereocenters. The number of nitrogens with one attached hydrogen (secondary N) is 1. The quantitative estimate of drug-likeness (QED) is 0.930. The van der Waals surface area contributed by atoms with Crippen molar-refractivity contribution >= 4 is 33.6 Å². The van der Waals surface area contributed by atoms with Gasteiger partial charge in [0.2, 0.25) is 5.91 Å². The molecule has 2 amide bonds. The number of anilines is 1. The fourth-order valence-corrected chi connectivity index (χ4v) is 2.25. The number of hydrogen-bond donors (Lipinski definition) is 1. The van der Waals surface area contributed by atoms with Crippen LogP contribution in [0.4, 0.5) is 10.5 Å². The minimum Gasteiger partial charge on any atom is -0.448 e. The summed E-state index contributed by atoms with van der Waals surface area (Å²) < 4.78 is 5.57. The molecule has 0 saturated carbocycles. The van der Waals surface area contributed by atoms with E-state index in [1.807, 2.05) is 25.1 Å². The second-order valence-corrected chi connectivity index (χ2v) is 4.92. The minimum absolute atomic E-state index is 0.0130. The summed E-state index contributed by atoms with van der Waals surface area (Å²) in [7, 11) is 0. The molecule has 96 valence electrons. The summed E-state index contributed by atoms with van der Waals surface area (Å²) in [5.41, 5.74) is 1.79. The monoisotopic (exact) mass is 312 g/mol. The summed E-state index contributed by atoms with van der Waals surface area (Å²) in [5, 5.41) is 2.75. The molecular formula is C12H13BrN2O3. The van der Waals surface area contributed by atoms with E-state index in [1.165, 1.54) is 4.90 Å². The van der Waals surface area contributed by atoms with Gasteiger partial charge in [0.05, 0.1) is 12.2 Å². The fraction of sp³-hybridized carbons (Fsp3) is 0.333. The van der Waals surface area contributed by atoms with Crippen LogP contribution in [0.1, 0.15) is 5.56 Å². The van der Waals surface area contributed by atoms with Crippen molar-refractivity contribution in [3.8, 4) is 0 Å². The van der Waals surface area contributed by atoms with Crippen LogP contribution in [-0.4, -0.2) is 36.6 Å². The van der Waals surface area contributed by atoms with Gasteiger partial charge in [-0.05, 0) is 40.5 Å². The summed E-state index contributed by atoms with van der Waals surface area (Å²) in [6, 6.07) is 5.64. The lowest BCUT2D eigenvalue weighted by Crippen LogP contribution is -2.33. The lowest BCUT2D eigenvalue weighted by atomic mass is 10.2. The molecule has 1 N–H and O–H groups in total. The van der Waals surface area contributed by atoms with Gasteiger partial charge in [-0.2, -0.15) is 0 Å². The largest absolute Gasteiger partial charge is 0.448 e.